The molecule has 2 aromatic heterocycles. The molecular weight excluding hydrogens is 849 g/mol. The molecule has 0 amide bonds. The molecule has 0 fully saturated rings. The van der Waals surface area contributed by atoms with E-state index < -0.39 is 5.41 Å². The van der Waals surface area contributed by atoms with Gasteiger partial charge >= 0.3 is 0 Å². The molecule has 2 aliphatic rings. The Kier molecular flexibility index (Phi) is 8.28. The maximum atomic E-state index is 6.67. The molecule has 15 rings (SSSR count). The molecule has 70 heavy (non-hydrogen) atoms. The van der Waals surface area contributed by atoms with Crippen molar-refractivity contribution >= 4 is 60.8 Å². The highest BCUT2D eigenvalue weighted by molar-refractivity contribution is 6.14. The van der Waals surface area contributed by atoms with Crippen molar-refractivity contribution in [1.29, 1.82) is 0 Å². The van der Waals surface area contributed by atoms with E-state index in [1.165, 1.54) is 72.0 Å². The van der Waals surface area contributed by atoms with Crippen LogP contribution < -0.4 is 4.90 Å². The second-order valence-corrected chi connectivity index (χ2v) is 18.7. The van der Waals surface area contributed by atoms with Crippen molar-refractivity contribution in [3.63, 3.8) is 0 Å². The van der Waals surface area contributed by atoms with Crippen molar-refractivity contribution in [3.8, 4) is 50.2 Å². The van der Waals surface area contributed by atoms with Crippen LogP contribution in [0.15, 0.2) is 259 Å². The number of aromatic nitrogens is 1. The Bertz CT molecular complexity index is 4250. The Morgan fingerprint density at radius 3 is 1.84 bits per heavy atom. The molecule has 326 valence electrons. The van der Waals surface area contributed by atoms with Crippen LogP contribution in [0.4, 0.5) is 17.1 Å². The number of fused-ring (bicyclic) bond motifs is 15. The van der Waals surface area contributed by atoms with E-state index in [0.29, 0.717) is 0 Å². The molecule has 0 radical (unpaired) electrons. The molecule has 3 heteroatoms. The van der Waals surface area contributed by atoms with Crippen molar-refractivity contribution in [1.82, 2.24) is 4.57 Å². The summed E-state index contributed by atoms with van der Waals surface area (Å²) in [4.78, 5) is 2.52. The first-order chi connectivity index (χ1) is 34.8. The summed E-state index contributed by atoms with van der Waals surface area (Å²) < 4.78 is 9.19. The van der Waals surface area contributed by atoms with Gasteiger partial charge in [0.15, 0.2) is 0 Å². The third-order valence-electron chi connectivity index (χ3n) is 15.2. The van der Waals surface area contributed by atoms with Crippen LogP contribution >= 0.6 is 0 Å². The van der Waals surface area contributed by atoms with Crippen LogP contribution in [-0.2, 0) is 5.41 Å². The fourth-order valence-electron chi connectivity index (χ4n) is 12.4. The molecule has 11 aromatic carbocycles. The van der Waals surface area contributed by atoms with Gasteiger partial charge in [0.2, 0.25) is 0 Å². The van der Waals surface area contributed by atoms with Gasteiger partial charge in [0.05, 0.1) is 33.5 Å². The van der Waals surface area contributed by atoms with Crippen molar-refractivity contribution < 1.29 is 4.42 Å². The summed E-state index contributed by atoms with van der Waals surface area (Å²) in [7, 11) is 0. The van der Waals surface area contributed by atoms with Gasteiger partial charge in [-0.3, -0.25) is 0 Å². The first kappa shape index (κ1) is 38.9. The predicted octanol–water partition coefficient (Wildman–Crippen LogP) is 17.8. The first-order valence-electron chi connectivity index (χ1n) is 24.2. The largest absolute Gasteiger partial charge is 0.455 e. The van der Waals surface area contributed by atoms with Gasteiger partial charge in [0, 0.05) is 43.9 Å². The zero-order chi connectivity index (χ0) is 45.9. The highest BCUT2D eigenvalue weighted by atomic mass is 16.3. The average Bonchev–Trinajstić information content (AvgIpc) is 4.09. The molecule has 0 bridgehead atoms. The van der Waals surface area contributed by atoms with Crippen molar-refractivity contribution in [2.75, 3.05) is 4.90 Å². The number of hydrogen-bond acceptors (Lipinski definition) is 2. The van der Waals surface area contributed by atoms with Crippen LogP contribution in [0, 0.1) is 0 Å². The number of rotatable bonds is 6. The Balaban J connectivity index is 1.01. The number of hydrogen-bond donors (Lipinski definition) is 0. The van der Waals surface area contributed by atoms with Crippen LogP contribution in [0.25, 0.3) is 93.9 Å². The zero-order valence-electron chi connectivity index (χ0n) is 38.1. The molecular formula is C67H42N2O. The quantitative estimate of drug-likeness (QED) is 0.166. The minimum atomic E-state index is -0.598. The highest BCUT2D eigenvalue weighted by Crippen LogP contribution is 2.63. The minimum Gasteiger partial charge on any atom is -0.455 e. The van der Waals surface area contributed by atoms with E-state index in [9.17, 15) is 0 Å². The van der Waals surface area contributed by atoms with E-state index in [1.807, 2.05) is 6.07 Å². The lowest BCUT2D eigenvalue weighted by Gasteiger charge is -2.39. The van der Waals surface area contributed by atoms with E-state index in [2.05, 4.69) is 258 Å². The van der Waals surface area contributed by atoms with Gasteiger partial charge in [-0.15, -0.1) is 0 Å². The summed E-state index contributed by atoms with van der Waals surface area (Å²) in [6, 6.07) is 93.7. The molecule has 1 spiro atoms. The standard InChI is InChI=1S/C67H42N2O/c1-2-18-43(19-3-1)44-38-40-45(41-39-44)48-22-5-10-33-59(48)68(47-21-14-20-46(42-47)49-26-15-28-53-51-24-7-13-37-63(51)70-66(49)53)62-36-17-31-57-64(62)54-25-4-8-29-55(54)67(57)56-30-9-12-35-61(56)69-60-34-11-6-23-50(60)52-27-16-32-58(67)65(52)69/h1-42H. The summed E-state index contributed by atoms with van der Waals surface area (Å²) in [5.41, 5.74) is 22.6. The molecule has 3 nitrogen and oxygen atoms in total. The van der Waals surface area contributed by atoms with Gasteiger partial charge < -0.3 is 13.9 Å². The van der Waals surface area contributed by atoms with Crippen molar-refractivity contribution in [2.24, 2.45) is 0 Å². The molecule has 0 saturated heterocycles. The molecule has 1 aliphatic heterocycles. The molecule has 3 heterocycles. The third kappa shape index (κ3) is 5.34. The zero-order valence-corrected chi connectivity index (χ0v) is 38.1. The summed E-state index contributed by atoms with van der Waals surface area (Å²) >= 11 is 0. The van der Waals surface area contributed by atoms with Crippen LogP contribution in [0.5, 0.6) is 0 Å². The van der Waals surface area contributed by atoms with Crippen molar-refractivity contribution in [3.05, 3.63) is 277 Å². The van der Waals surface area contributed by atoms with Crippen LogP contribution in [0.1, 0.15) is 22.3 Å². The number of benzene rings is 11. The molecule has 0 N–H and O–H groups in total. The van der Waals surface area contributed by atoms with Crippen LogP contribution in [-0.4, -0.2) is 4.57 Å². The molecule has 0 saturated carbocycles. The van der Waals surface area contributed by atoms with E-state index in [-0.39, 0.29) is 0 Å². The van der Waals surface area contributed by atoms with Gasteiger partial charge in [0.25, 0.3) is 0 Å². The Hall–Kier alpha value is -9.18. The normalized spacial score (nSPS) is 14.3. The minimum absolute atomic E-state index is 0.598. The summed E-state index contributed by atoms with van der Waals surface area (Å²) in [6.45, 7) is 0. The maximum absolute atomic E-state index is 6.67. The van der Waals surface area contributed by atoms with Crippen LogP contribution in [0.3, 0.4) is 0 Å². The topological polar surface area (TPSA) is 21.3 Å². The summed E-state index contributed by atoms with van der Waals surface area (Å²) in [5.74, 6) is 0. The lowest BCUT2D eigenvalue weighted by molar-refractivity contribution is 0.670. The van der Waals surface area contributed by atoms with E-state index in [1.54, 1.807) is 0 Å². The Morgan fingerprint density at radius 1 is 0.357 bits per heavy atom. The van der Waals surface area contributed by atoms with E-state index in [4.69, 9.17) is 4.42 Å². The SMILES string of the molecule is c1ccc(-c2ccc(-c3ccccc3N(c3cccc(-c4cccc5c4oc4ccccc45)c3)c3cccc4c3-c3ccccc3C43c4ccccc4-n4c5ccccc5c5cccc3c54)cc2)cc1. The lowest BCUT2D eigenvalue weighted by atomic mass is 9.65. The molecule has 1 aliphatic carbocycles. The van der Waals surface area contributed by atoms with Gasteiger partial charge in [-0.05, 0) is 92.5 Å². The predicted molar refractivity (Wildman–Crippen MR) is 290 cm³/mol. The van der Waals surface area contributed by atoms with Gasteiger partial charge in [-0.25, -0.2) is 0 Å². The monoisotopic (exact) mass is 890 g/mol. The van der Waals surface area contributed by atoms with E-state index >= 15 is 0 Å². The van der Waals surface area contributed by atoms with Gasteiger partial charge in [-0.2, -0.15) is 0 Å². The van der Waals surface area contributed by atoms with Crippen LogP contribution in [0.2, 0.25) is 0 Å². The highest BCUT2D eigenvalue weighted by Gasteiger charge is 2.51. The number of para-hydroxylation sites is 6. The second kappa shape index (κ2) is 14.9. The third-order valence-corrected chi connectivity index (χ3v) is 15.2. The number of furan rings is 1. The Morgan fingerprint density at radius 2 is 0.943 bits per heavy atom. The van der Waals surface area contributed by atoms with E-state index in [0.717, 1.165) is 61.3 Å². The smallest absolute Gasteiger partial charge is 0.143 e. The average molecular weight is 891 g/mol. The Labute approximate surface area is 405 Å². The van der Waals surface area contributed by atoms with Gasteiger partial charge in [0.1, 0.15) is 11.2 Å². The summed E-state index contributed by atoms with van der Waals surface area (Å²) in [6.07, 6.45) is 0. The number of nitrogens with zero attached hydrogens (tertiary/aromatic N) is 2. The maximum Gasteiger partial charge on any atom is 0.143 e. The van der Waals surface area contributed by atoms with Crippen molar-refractivity contribution in [2.45, 2.75) is 5.41 Å². The summed E-state index contributed by atoms with van der Waals surface area (Å²) in [5, 5.41) is 4.78. The second-order valence-electron chi connectivity index (χ2n) is 18.7. The number of anilines is 3. The van der Waals surface area contributed by atoms with Gasteiger partial charge in [-0.1, -0.05) is 212 Å². The first-order valence-corrected chi connectivity index (χ1v) is 24.2. The molecule has 13 aromatic rings. The fourth-order valence-corrected chi connectivity index (χ4v) is 12.4. The fraction of sp³-hybridized carbons (Fsp3) is 0.0149. The molecule has 1 unspecified atom stereocenters. The molecule has 1 atom stereocenters. The lowest BCUT2D eigenvalue weighted by Crippen LogP contribution is -2.33.